The van der Waals surface area contributed by atoms with E-state index < -0.39 is 0 Å². The van der Waals surface area contributed by atoms with Gasteiger partial charge in [0, 0.05) is 12.1 Å². The van der Waals surface area contributed by atoms with Crippen LogP contribution >= 0.6 is 11.3 Å². The maximum absolute atomic E-state index is 13.0. The Morgan fingerprint density at radius 2 is 1.88 bits per heavy atom. The van der Waals surface area contributed by atoms with Crippen LogP contribution in [0.2, 0.25) is 0 Å². The Bertz CT molecular complexity index is 998. The third-order valence-electron chi connectivity index (χ3n) is 3.76. The summed E-state index contributed by atoms with van der Waals surface area (Å²) in [6, 6.07) is 8.44. The molecule has 0 spiro atoms. The molecular weight excluding hydrogens is 327 g/mol. The van der Waals surface area contributed by atoms with Crippen molar-refractivity contribution in [2.45, 2.75) is 26.8 Å². The Kier molecular flexibility index (Phi) is 3.61. The van der Waals surface area contributed by atoms with Gasteiger partial charge in [-0.05, 0) is 37.6 Å². The Morgan fingerprint density at radius 3 is 2.58 bits per heavy atom. The van der Waals surface area contributed by atoms with E-state index in [0.717, 1.165) is 32.7 Å². The highest BCUT2D eigenvalue weighted by Gasteiger charge is 2.13. The van der Waals surface area contributed by atoms with Gasteiger partial charge in [0.1, 0.15) is 10.8 Å². The Morgan fingerprint density at radius 1 is 1.08 bits per heavy atom. The lowest BCUT2D eigenvalue weighted by Crippen LogP contribution is -2.05. The first-order valence-corrected chi connectivity index (χ1v) is 8.35. The summed E-state index contributed by atoms with van der Waals surface area (Å²) in [5, 5.41) is 18.4. The fourth-order valence-electron chi connectivity index (χ4n) is 2.62. The van der Waals surface area contributed by atoms with Gasteiger partial charge in [-0.25, -0.2) is 4.39 Å². The summed E-state index contributed by atoms with van der Waals surface area (Å²) in [5.74, 6) is 0.499. The third kappa shape index (κ3) is 2.80. The number of rotatable bonds is 4. The van der Waals surface area contributed by atoms with Gasteiger partial charge in [0.15, 0.2) is 5.82 Å². The van der Waals surface area contributed by atoms with Gasteiger partial charge in [0.05, 0.1) is 12.2 Å². The minimum absolute atomic E-state index is 0.244. The molecule has 0 aliphatic rings. The number of aryl methyl sites for hydroxylation is 2. The number of benzene rings is 1. The van der Waals surface area contributed by atoms with Gasteiger partial charge in [0.2, 0.25) is 4.96 Å². The summed E-state index contributed by atoms with van der Waals surface area (Å²) in [6.07, 6.45) is 0.560. The second-order valence-corrected chi connectivity index (χ2v) is 6.73. The first-order chi connectivity index (χ1) is 11.6. The standard InChI is InChI=1S/C16H15FN6S/c1-10-7-11(2)22(20-10)9-15-21-23-14(18-19-16(23)24-15)8-12-3-5-13(17)6-4-12/h3-7H,8-9H2,1-2H3. The minimum atomic E-state index is -0.244. The molecule has 4 rings (SSSR count). The van der Waals surface area contributed by atoms with Crippen LogP contribution in [0.3, 0.4) is 0 Å². The molecule has 0 amide bonds. The van der Waals surface area contributed by atoms with Crippen LogP contribution in [0.25, 0.3) is 4.96 Å². The highest BCUT2D eigenvalue weighted by atomic mass is 32.1. The molecule has 0 unspecified atom stereocenters. The van der Waals surface area contributed by atoms with E-state index in [-0.39, 0.29) is 5.82 Å². The van der Waals surface area contributed by atoms with E-state index in [0.29, 0.717) is 13.0 Å². The summed E-state index contributed by atoms with van der Waals surface area (Å²) in [7, 11) is 0. The summed E-state index contributed by atoms with van der Waals surface area (Å²) < 4.78 is 16.7. The molecule has 8 heteroatoms. The van der Waals surface area contributed by atoms with Gasteiger partial charge in [-0.2, -0.15) is 14.7 Å². The van der Waals surface area contributed by atoms with Crippen LogP contribution in [0.15, 0.2) is 30.3 Å². The van der Waals surface area contributed by atoms with Crippen molar-refractivity contribution in [3.63, 3.8) is 0 Å². The number of hydrogen-bond acceptors (Lipinski definition) is 5. The van der Waals surface area contributed by atoms with E-state index >= 15 is 0 Å². The molecule has 3 heterocycles. The molecule has 3 aromatic heterocycles. The smallest absolute Gasteiger partial charge is 0.234 e. The van der Waals surface area contributed by atoms with Crippen molar-refractivity contribution < 1.29 is 4.39 Å². The molecule has 0 atom stereocenters. The van der Waals surface area contributed by atoms with Crippen molar-refractivity contribution in [1.29, 1.82) is 0 Å². The minimum Gasteiger partial charge on any atom is -0.263 e. The van der Waals surface area contributed by atoms with Crippen molar-refractivity contribution in [2.24, 2.45) is 0 Å². The van der Waals surface area contributed by atoms with Gasteiger partial charge in [-0.3, -0.25) is 4.68 Å². The number of hydrogen-bond donors (Lipinski definition) is 0. The second kappa shape index (κ2) is 5.79. The predicted molar refractivity (Wildman–Crippen MR) is 88.7 cm³/mol. The quantitative estimate of drug-likeness (QED) is 0.572. The molecule has 0 saturated carbocycles. The fourth-order valence-corrected chi connectivity index (χ4v) is 3.45. The van der Waals surface area contributed by atoms with Crippen LogP contribution in [0.4, 0.5) is 4.39 Å². The maximum atomic E-state index is 13.0. The number of nitrogens with zero attached hydrogens (tertiary/aromatic N) is 6. The molecule has 6 nitrogen and oxygen atoms in total. The number of aromatic nitrogens is 6. The normalized spacial score (nSPS) is 11.5. The van der Waals surface area contributed by atoms with Crippen LogP contribution in [-0.4, -0.2) is 29.6 Å². The molecule has 0 bridgehead atoms. The van der Waals surface area contributed by atoms with E-state index in [1.165, 1.54) is 23.5 Å². The zero-order valence-electron chi connectivity index (χ0n) is 13.3. The van der Waals surface area contributed by atoms with Gasteiger partial charge in [-0.1, -0.05) is 23.5 Å². The van der Waals surface area contributed by atoms with Crippen LogP contribution < -0.4 is 0 Å². The molecule has 24 heavy (non-hydrogen) atoms. The largest absolute Gasteiger partial charge is 0.263 e. The van der Waals surface area contributed by atoms with Crippen LogP contribution in [-0.2, 0) is 13.0 Å². The predicted octanol–water partition coefficient (Wildman–Crippen LogP) is 2.78. The Hall–Kier alpha value is -2.61. The highest BCUT2D eigenvalue weighted by molar-refractivity contribution is 7.16. The van der Waals surface area contributed by atoms with Crippen molar-refractivity contribution in [3.05, 3.63) is 63.9 Å². The van der Waals surface area contributed by atoms with Crippen LogP contribution in [0.1, 0.15) is 27.8 Å². The zero-order chi connectivity index (χ0) is 16.7. The van der Waals surface area contributed by atoms with Crippen LogP contribution in [0, 0.1) is 19.7 Å². The average molecular weight is 342 g/mol. The molecule has 4 aromatic rings. The zero-order valence-corrected chi connectivity index (χ0v) is 14.1. The molecule has 0 radical (unpaired) electrons. The summed E-state index contributed by atoms with van der Waals surface area (Å²) in [6.45, 7) is 4.62. The lowest BCUT2D eigenvalue weighted by molar-refractivity contribution is 0.627. The van der Waals surface area contributed by atoms with Crippen molar-refractivity contribution >= 4 is 16.3 Å². The van der Waals surface area contributed by atoms with Crippen molar-refractivity contribution in [3.8, 4) is 0 Å². The van der Waals surface area contributed by atoms with E-state index in [4.69, 9.17) is 0 Å². The lowest BCUT2D eigenvalue weighted by atomic mass is 10.1. The average Bonchev–Trinajstić information content (AvgIpc) is 3.19. The molecular formula is C16H15FN6S. The van der Waals surface area contributed by atoms with Crippen molar-refractivity contribution in [1.82, 2.24) is 29.6 Å². The lowest BCUT2D eigenvalue weighted by Gasteiger charge is -2.00. The topological polar surface area (TPSA) is 60.9 Å². The molecule has 0 saturated heterocycles. The molecule has 0 aliphatic carbocycles. The summed E-state index contributed by atoms with van der Waals surface area (Å²) in [5.41, 5.74) is 3.07. The Balaban J connectivity index is 1.61. The van der Waals surface area contributed by atoms with E-state index in [1.807, 2.05) is 24.6 Å². The first-order valence-electron chi connectivity index (χ1n) is 7.54. The van der Waals surface area contributed by atoms with E-state index in [2.05, 4.69) is 20.4 Å². The van der Waals surface area contributed by atoms with E-state index in [9.17, 15) is 4.39 Å². The number of fused-ring (bicyclic) bond motifs is 1. The van der Waals surface area contributed by atoms with Crippen molar-refractivity contribution in [2.75, 3.05) is 0 Å². The van der Waals surface area contributed by atoms with E-state index in [1.54, 1.807) is 16.6 Å². The monoisotopic (exact) mass is 342 g/mol. The first kappa shape index (κ1) is 14.9. The Labute approximate surface area is 141 Å². The number of halogens is 1. The fraction of sp³-hybridized carbons (Fsp3) is 0.250. The molecule has 122 valence electrons. The molecule has 1 aromatic carbocycles. The third-order valence-corrected chi connectivity index (χ3v) is 4.64. The summed E-state index contributed by atoms with van der Waals surface area (Å²) in [4.78, 5) is 0.753. The highest BCUT2D eigenvalue weighted by Crippen LogP contribution is 2.18. The van der Waals surface area contributed by atoms with Gasteiger partial charge in [0.25, 0.3) is 0 Å². The molecule has 0 N–H and O–H groups in total. The van der Waals surface area contributed by atoms with Gasteiger partial charge < -0.3 is 0 Å². The maximum Gasteiger partial charge on any atom is 0.234 e. The SMILES string of the molecule is Cc1cc(C)n(Cc2nn3c(Cc4ccc(F)cc4)nnc3s2)n1. The van der Waals surface area contributed by atoms with Gasteiger partial charge in [-0.15, -0.1) is 10.2 Å². The summed E-state index contributed by atoms with van der Waals surface area (Å²) >= 11 is 1.50. The molecule has 0 fully saturated rings. The second-order valence-electron chi connectivity index (χ2n) is 5.69. The molecule has 0 aliphatic heterocycles. The van der Waals surface area contributed by atoms with Gasteiger partial charge >= 0.3 is 0 Å². The van der Waals surface area contributed by atoms with Crippen LogP contribution in [0.5, 0.6) is 0 Å².